The molecule has 0 bridgehead atoms. The van der Waals surface area contributed by atoms with Gasteiger partial charge in [0.25, 0.3) is 5.91 Å². The van der Waals surface area contributed by atoms with Crippen LogP contribution in [0.15, 0.2) is 35.1 Å². The summed E-state index contributed by atoms with van der Waals surface area (Å²) in [6, 6.07) is 0.847. The summed E-state index contributed by atoms with van der Waals surface area (Å²) in [7, 11) is 2.63. The van der Waals surface area contributed by atoms with Crippen molar-refractivity contribution in [1.82, 2.24) is 10.2 Å². The van der Waals surface area contributed by atoms with Gasteiger partial charge in [0.15, 0.2) is 17.0 Å². The zero-order valence-corrected chi connectivity index (χ0v) is 24.7. The number of primary amides is 1. The van der Waals surface area contributed by atoms with E-state index in [-0.39, 0.29) is 11.1 Å². The Morgan fingerprint density at radius 3 is 2.23 bits per heavy atom. The third kappa shape index (κ3) is 3.92. The summed E-state index contributed by atoms with van der Waals surface area (Å²) in [4.78, 5) is 53.7. The molecule has 0 unspecified atom stereocenters. The quantitative estimate of drug-likeness (QED) is 0.135. The summed E-state index contributed by atoms with van der Waals surface area (Å²) < 4.78 is 0. The highest BCUT2D eigenvalue weighted by Crippen LogP contribution is 2.60. The lowest BCUT2D eigenvalue weighted by molar-refractivity contribution is -0.153. The van der Waals surface area contributed by atoms with Crippen LogP contribution in [0.3, 0.4) is 0 Å². The standard InChI is InChI=1S/C29H35N7O8/c1-26(2,3)35-13(37)9-7-11-6-8-12-14(17(11)38)18(39)16-23(42)27(10-30)22(41)15(24(32)43)19(40)21(36(4)5)29(27,34)25(44)28(16,33)20(12)31/h6-9,20-21,25,38-39,41,44H,31,33-34H2,1-5H3,(H2,32,43)(H,35,37)/b9-7-/t20-,21+,25-,27-,28+,29-/m0/s1. The van der Waals surface area contributed by atoms with Gasteiger partial charge in [0, 0.05) is 17.2 Å². The molecule has 4 rings (SSSR count). The molecule has 15 nitrogen and oxygen atoms in total. The SMILES string of the molecule is CN(C)[C@@H]1C(=O)C(C(N)=O)=C(O)[C@@]2(C#N)C(=O)C3=C(O)c4c(ccc(/C=C\C(=O)NC(C)(C)C)c4O)[C@H](N)[C@@]3(N)[C@H](O)[C@@]12N. The molecule has 2 amide bonds. The zero-order chi connectivity index (χ0) is 33.5. The first-order chi connectivity index (χ1) is 20.2. The maximum absolute atomic E-state index is 14.5. The van der Waals surface area contributed by atoms with Gasteiger partial charge in [-0.2, -0.15) is 5.26 Å². The Hall–Kier alpha value is -4.59. The number of likely N-dealkylation sites (N-methyl/N-ethyl adjacent to an activating group) is 1. The molecule has 13 N–H and O–H groups in total. The number of nitrogens with one attached hydrogen (secondary N) is 1. The molecule has 0 heterocycles. The van der Waals surface area contributed by atoms with Crippen LogP contribution in [0.1, 0.15) is 43.5 Å². The molecule has 0 spiro atoms. The Balaban J connectivity index is 2.06. The van der Waals surface area contributed by atoms with Gasteiger partial charge in [0.1, 0.15) is 34.5 Å². The molecule has 1 saturated carbocycles. The fourth-order valence-electron chi connectivity index (χ4n) is 6.61. The fraction of sp³-hybridized carbons (Fsp3) is 0.414. The number of carbonyl (C=O) groups excluding carboxylic acids is 4. The molecule has 44 heavy (non-hydrogen) atoms. The number of hydrogen-bond acceptors (Lipinski definition) is 13. The van der Waals surface area contributed by atoms with Gasteiger partial charge in [0.05, 0.1) is 34.8 Å². The number of phenolic OH excluding ortho intramolecular Hbond substituents is 1. The van der Waals surface area contributed by atoms with Gasteiger partial charge < -0.3 is 48.7 Å². The van der Waals surface area contributed by atoms with E-state index in [0.717, 1.165) is 11.0 Å². The summed E-state index contributed by atoms with van der Waals surface area (Å²) in [6.07, 6.45) is 0.0550. The molecular weight excluding hydrogens is 574 g/mol. The minimum Gasteiger partial charge on any atom is -0.509 e. The Morgan fingerprint density at radius 1 is 1.14 bits per heavy atom. The van der Waals surface area contributed by atoms with Crippen molar-refractivity contribution in [2.24, 2.45) is 28.3 Å². The van der Waals surface area contributed by atoms with E-state index in [2.05, 4.69) is 5.32 Å². The number of aliphatic hydroxyl groups is 3. The first-order valence-corrected chi connectivity index (χ1v) is 13.4. The van der Waals surface area contributed by atoms with E-state index in [0.29, 0.717) is 0 Å². The number of carbonyl (C=O) groups is 4. The zero-order valence-electron chi connectivity index (χ0n) is 24.7. The molecule has 6 atom stereocenters. The lowest BCUT2D eigenvalue weighted by atomic mass is 9.45. The fourth-order valence-corrected chi connectivity index (χ4v) is 6.61. The molecule has 1 fully saturated rings. The van der Waals surface area contributed by atoms with Gasteiger partial charge in [-0.1, -0.05) is 12.1 Å². The number of hydrogen-bond donors (Lipinski definition) is 9. The summed E-state index contributed by atoms with van der Waals surface area (Å²) in [5.41, 5.74) is 13.9. The maximum atomic E-state index is 14.5. The average molecular weight is 610 g/mol. The van der Waals surface area contributed by atoms with E-state index in [4.69, 9.17) is 22.9 Å². The van der Waals surface area contributed by atoms with Crippen molar-refractivity contribution < 1.29 is 39.6 Å². The van der Waals surface area contributed by atoms with Gasteiger partial charge in [-0.15, -0.1) is 0 Å². The number of nitrogens with two attached hydrogens (primary N) is 4. The molecule has 0 saturated heterocycles. The largest absolute Gasteiger partial charge is 0.509 e. The molecule has 1 aromatic carbocycles. The van der Waals surface area contributed by atoms with Crippen LogP contribution in [-0.2, 0) is 19.2 Å². The van der Waals surface area contributed by atoms with Crippen molar-refractivity contribution in [3.8, 4) is 11.8 Å². The topological polar surface area (TPSA) is 292 Å². The van der Waals surface area contributed by atoms with Crippen LogP contribution >= 0.6 is 0 Å². The molecular formula is C29H35N7O8. The summed E-state index contributed by atoms with van der Waals surface area (Å²) >= 11 is 0. The number of ketones is 2. The highest BCUT2D eigenvalue weighted by atomic mass is 16.3. The Bertz CT molecular complexity index is 1670. The number of phenols is 1. The van der Waals surface area contributed by atoms with E-state index in [1.54, 1.807) is 26.8 Å². The monoisotopic (exact) mass is 609 g/mol. The Kier molecular flexibility index (Phi) is 7.33. The summed E-state index contributed by atoms with van der Waals surface area (Å²) in [6.45, 7) is 5.30. The molecule has 0 radical (unpaired) electrons. The highest BCUT2D eigenvalue weighted by molar-refractivity contribution is 6.26. The molecule has 3 aliphatic rings. The second kappa shape index (κ2) is 9.97. The minimum atomic E-state index is -3.08. The number of amides is 2. The average Bonchev–Trinajstić information content (AvgIpc) is 2.88. The number of nitriles is 1. The van der Waals surface area contributed by atoms with Crippen LogP contribution in [0.2, 0.25) is 0 Å². The number of benzene rings is 1. The van der Waals surface area contributed by atoms with E-state index in [1.165, 1.54) is 32.3 Å². The second-order valence-electron chi connectivity index (χ2n) is 12.5. The van der Waals surface area contributed by atoms with Crippen LogP contribution in [0, 0.1) is 16.7 Å². The van der Waals surface area contributed by atoms with E-state index >= 15 is 0 Å². The minimum absolute atomic E-state index is 0.0124. The van der Waals surface area contributed by atoms with Gasteiger partial charge in [-0.25, -0.2) is 0 Å². The first-order valence-electron chi connectivity index (χ1n) is 13.4. The lowest BCUT2D eigenvalue weighted by Gasteiger charge is -2.62. The molecule has 15 heteroatoms. The van der Waals surface area contributed by atoms with Crippen molar-refractivity contribution in [3.05, 3.63) is 51.8 Å². The maximum Gasteiger partial charge on any atom is 0.255 e. The predicted octanol–water partition coefficient (Wildman–Crippen LogP) is -1.74. The molecule has 234 valence electrons. The van der Waals surface area contributed by atoms with Gasteiger partial charge in [-0.3, -0.25) is 24.1 Å². The van der Waals surface area contributed by atoms with Gasteiger partial charge in [-0.05, 0) is 46.5 Å². The van der Waals surface area contributed by atoms with Crippen molar-refractivity contribution in [2.75, 3.05) is 14.1 Å². The van der Waals surface area contributed by atoms with Crippen LogP contribution < -0.4 is 28.3 Å². The Labute approximate surface area is 252 Å². The normalized spacial score (nSPS) is 31.9. The number of aromatic hydroxyl groups is 1. The summed E-state index contributed by atoms with van der Waals surface area (Å²) in [5.74, 6) is -7.70. The number of Topliss-reactive ketones (excluding diaryl/α,β-unsaturated/α-hetero) is 2. The van der Waals surface area contributed by atoms with E-state index < -0.39 is 97.6 Å². The van der Waals surface area contributed by atoms with Crippen molar-refractivity contribution in [1.29, 1.82) is 5.26 Å². The third-order valence-corrected chi connectivity index (χ3v) is 8.50. The number of rotatable bonds is 4. The van der Waals surface area contributed by atoms with Crippen LogP contribution in [0.5, 0.6) is 5.75 Å². The van der Waals surface area contributed by atoms with Crippen molar-refractivity contribution in [3.63, 3.8) is 0 Å². The molecule has 1 aromatic rings. The molecule has 0 aliphatic heterocycles. The Morgan fingerprint density at radius 2 is 1.73 bits per heavy atom. The van der Waals surface area contributed by atoms with E-state index in [9.17, 15) is 44.9 Å². The predicted molar refractivity (Wildman–Crippen MR) is 156 cm³/mol. The van der Waals surface area contributed by atoms with Gasteiger partial charge >= 0.3 is 0 Å². The number of nitrogens with zero attached hydrogens (tertiary/aromatic N) is 2. The van der Waals surface area contributed by atoms with Crippen LogP contribution in [-0.4, -0.2) is 91.6 Å². The number of aliphatic hydroxyl groups excluding tert-OH is 3. The second-order valence-corrected chi connectivity index (χ2v) is 12.5. The highest BCUT2D eigenvalue weighted by Gasteiger charge is 2.79. The summed E-state index contributed by atoms with van der Waals surface area (Å²) in [5, 5.41) is 59.2. The van der Waals surface area contributed by atoms with E-state index in [1.807, 2.05) is 0 Å². The smallest absolute Gasteiger partial charge is 0.255 e. The first kappa shape index (κ1) is 32.3. The van der Waals surface area contributed by atoms with Gasteiger partial charge in [0.2, 0.25) is 5.91 Å². The molecule has 3 aliphatic carbocycles. The van der Waals surface area contributed by atoms with Crippen LogP contribution in [0.25, 0.3) is 11.8 Å². The van der Waals surface area contributed by atoms with Crippen molar-refractivity contribution in [2.45, 2.75) is 55.6 Å². The number of fused-ring (bicyclic) bond motifs is 3. The molecule has 0 aromatic heterocycles. The lowest BCUT2D eigenvalue weighted by Crippen LogP contribution is -2.87. The van der Waals surface area contributed by atoms with Crippen LogP contribution in [0.4, 0.5) is 0 Å². The third-order valence-electron chi connectivity index (χ3n) is 8.50. The van der Waals surface area contributed by atoms with Crippen molar-refractivity contribution >= 4 is 35.2 Å².